The SMILES string of the molecule is Cc1nc2ccccc2nc1N1CCN(C(=O)c2ccc(C(C)(C)C)cc2)CC1. The van der Waals surface area contributed by atoms with Gasteiger partial charge in [0.1, 0.15) is 0 Å². The zero-order chi connectivity index (χ0) is 20.6. The summed E-state index contributed by atoms with van der Waals surface area (Å²) < 4.78 is 0. The summed E-state index contributed by atoms with van der Waals surface area (Å²) in [4.78, 5) is 26.6. The Morgan fingerprint density at radius 1 is 0.862 bits per heavy atom. The lowest BCUT2D eigenvalue weighted by atomic mass is 9.86. The quantitative estimate of drug-likeness (QED) is 0.660. The molecule has 0 atom stereocenters. The van der Waals surface area contributed by atoms with Gasteiger partial charge in [0.15, 0.2) is 5.82 Å². The highest BCUT2D eigenvalue weighted by Crippen LogP contribution is 2.24. The number of aromatic nitrogens is 2. The van der Waals surface area contributed by atoms with Crippen LogP contribution in [0, 0.1) is 6.92 Å². The zero-order valence-electron chi connectivity index (χ0n) is 17.6. The molecule has 1 aromatic heterocycles. The molecular formula is C24H28N4O. The van der Waals surface area contributed by atoms with E-state index in [1.807, 2.05) is 48.2 Å². The monoisotopic (exact) mass is 388 g/mol. The summed E-state index contributed by atoms with van der Waals surface area (Å²) in [6.45, 7) is 11.5. The number of hydrogen-bond donors (Lipinski definition) is 0. The highest BCUT2D eigenvalue weighted by molar-refractivity contribution is 5.94. The van der Waals surface area contributed by atoms with Crippen LogP contribution in [0.4, 0.5) is 5.82 Å². The number of nitrogens with zero attached hydrogens (tertiary/aromatic N) is 4. The third kappa shape index (κ3) is 3.95. The Morgan fingerprint density at radius 2 is 1.45 bits per heavy atom. The molecule has 5 nitrogen and oxygen atoms in total. The van der Waals surface area contributed by atoms with Crippen molar-refractivity contribution in [3.05, 3.63) is 65.4 Å². The first-order valence-corrected chi connectivity index (χ1v) is 10.2. The van der Waals surface area contributed by atoms with Crippen molar-refractivity contribution in [1.82, 2.24) is 14.9 Å². The normalized spacial score (nSPS) is 15.0. The van der Waals surface area contributed by atoms with Gasteiger partial charge in [-0.2, -0.15) is 0 Å². The molecule has 1 aliphatic rings. The van der Waals surface area contributed by atoms with Gasteiger partial charge < -0.3 is 9.80 Å². The Balaban J connectivity index is 1.45. The van der Waals surface area contributed by atoms with E-state index in [4.69, 9.17) is 9.97 Å². The molecule has 1 aliphatic heterocycles. The van der Waals surface area contributed by atoms with Crippen LogP contribution >= 0.6 is 0 Å². The van der Waals surface area contributed by atoms with Crippen molar-refractivity contribution in [3.63, 3.8) is 0 Å². The zero-order valence-corrected chi connectivity index (χ0v) is 17.6. The average molecular weight is 389 g/mol. The summed E-state index contributed by atoms with van der Waals surface area (Å²) >= 11 is 0. The number of carbonyl (C=O) groups excluding carboxylic acids is 1. The first kappa shape index (κ1) is 19.4. The third-order valence-electron chi connectivity index (χ3n) is 5.58. The molecule has 4 rings (SSSR count). The molecule has 5 heteroatoms. The van der Waals surface area contributed by atoms with E-state index in [1.165, 1.54) is 5.56 Å². The number of piperazine rings is 1. The Hall–Kier alpha value is -2.95. The van der Waals surface area contributed by atoms with Crippen molar-refractivity contribution in [2.24, 2.45) is 0 Å². The van der Waals surface area contributed by atoms with Gasteiger partial charge in [0.25, 0.3) is 5.91 Å². The maximum atomic E-state index is 12.9. The van der Waals surface area contributed by atoms with Gasteiger partial charge in [0.2, 0.25) is 0 Å². The number of anilines is 1. The molecule has 0 N–H and O–H groups in total. The lowest BCUT2D eigenvalue weighted by Gasteiger charge is -2.36. The summed E-state index contributed by atoms with van der Waals surface area (Å²) in [6.07, 6.45) is 0. The second-order valence-electron chi connectivity index (χ2n) is 8.73. The number of aryl methyl sites for hydroxylation is 1. The van der Waals surface area contributed by atoms with Gasteiger partial charge in [-0.25, -0.2) is 9.97 Å². The second kappa shape index (κ2) is 7.47. The number of para-hydroxylation sites is 2. The molecule has 2 aromatic carbocycles. The van der Waals surface area contributed by atoms with Crippen LogP contribution in [0.15, 0.2) is 48.5 Å². The highest BCUT2D eigenvalue weighted by atomic mass is 16.2. The van der Waals surface area contributed by atoms with E-state index in [9.17, 15) is 4.79 Å². The minimum absolute atomic E-state index is 0.0892. The van der Waals surface area contributed by atoms with E-state index < -0.39 is 0 Å². The molecule has 150 valence electrons. The van der Waals surface area contributed by atoms with Gasteiger partial charge in [-0.05, 0) is 42.2 Å². The predicted molar refractivity (Wildman–Crippen MR) is 118 cm³/mol. The van der Waals surface area contributed by atoms with E-state index in [0.29, 0.717) is 13.1 Å². The van der Waals surface area contributed by atoms with E-state index in [1.54, 1.807) is 0 Å². The molecule has 29 heavy (non-hydrogen) atoms. The number of rotatable bonds is 2. The fourth-order valence-electron chi connectivity index (χ4n) is 3.80. The average Bonchev–Trinajstić information content (AvgIpc) is 2.72. The molecule has 0 aliphatic carbocycles. The molecule has 1 fully saturated rings. The number of fused-ring (bicyclic) bond motifs is 1. The minimum atomic E-state index is 0.0892. The van der Waals surface area contributed by atoms with E-state index in [2.05, 4.69) is 37.8 Å². The van der Waals surface area contributed by atoms with Crippen LogP contribution < -0.4 is 4.90 Å². The first-order valence-electron chi connectivity index (χ1n) is 10.2. The van der Waals surface area contributed by atoms with Crippen LogP contribution in [-0.4, -0.2) is 47.0 Å². The lowest BCUT2D eigenvalue weighted by Crippen LogP contribution is -2.49. The molecule has 0 spiro atoms. The van der Waals surface area contributed by atoms with Crippen LogP contribution in [0.2, 0.25) is 0 Å². The van der Waals surface area contributed by atoms with Crippen molar-refractivity contribution in [2.75, 3.05) is 31.1 Å². The van der Waals surface area contributed by atoms with Crippen molar-refractivity contribution in [2.45, 2.75) is 33.1 Å². The van der Waals surface area contributed by atoms with Crippen LogP contribution in [0.3, 0.4) is 0 Å². The molecule has 1 saturated heterocycles. The maximum absolute atomic E-state index is 12.9. The van der Waals surface area contributed by atoms with Gasteiger partial charge in [0.05, 0.1) is 16.7 Å². The van der Waals surface area contributed by atoms with Crippen LogP contribution in [0.1, 0.15) is 42.4 Å². The number of hydrogen-bond acceptors (Lipinski definition) is 4. The van der Waals surface area contributed by atoms with Crippen molar-refractivity contribution in [3.8, 4) is 0 Å². The number of benzene rings is 2. The summed E-state index contributed by atoms with van der Waals surface area (Å²) in [5.74, 6) is 1.02. The smallest absolute Gasteiger partial charge is 0.253 e. The largest absolute Gasteiger partial charge is 0.352 e. The van der Waals surface area contributed by atoms with Crippen LogP contribution in [-0.2, 0) is 5.41 Å². The summed E-state index contributed by atoms with van der Waals surface area (Å²) in [5, 5.41) is 0. The standard InChI is InChI=1S/C24H28N4O/c1-17-22(26-21-8-6-5-7-20(21)25-17)27-13-15-28(16-14-27)23(29)18-9-11-19(12-10-18)24(2,3)4/h5-12H,13-16H2,1-4H3. The topological polar surface area (TPSA) is 49.3 Å². The summed E-state index contributed by atoms with van der Waals surface area (Å²) in [6, 6.07) is 16.0. The summed E-state index contributed by atoms with van der Waals surface area (Å²) in [5.41, 5.74) is 4.84. The fourth-order valence-corrected chi connectivity index (χ4v) is 3.80. The molecule has 0 bridgehead atoms. The lowest BCUT2D eigenvalue weighted by molar-refractivity contribution is 0.0746. The summed E-state index contributed by atoms with van der Waals surface area (Å²) in [7, 11) is 0. The molecular weight excluding hydrogens is 360 g/mol. The van der Waals surface area contributed by atoms with E-state index in [0.717, 1.165) is 41.2 Å². The third-order valence-corrected chi connectivity index (χ3v) is 5.58. The van der Waals surface area contributed by atoms with Crippen molar-refractivity contribution in [1.29, 1.82) is 0 Å². The molecule has 0 radical (unpaired) electrons. The second-order valence-corrected chi connectivity index (χ2v) is 8.73. The van der Waals surface area contributed by atoms with Crippen LogP contribution in [0.25, 0.3) is 11.0 Å². The fraction of sp³-hybridized carbons (Fsp3) is 0.375. The molecule has 1 amide bonds. The number of amides is 1. The Kier molecular flexibility index (Phi) is 4.99. The van der Waals surface area contributed by atoms with Gasteiger partial charge in [-0.15, -0.1) is 0 Å². The van der Waals surface area contributed by atoms with E-state index in [-0.39, 0.29) is 11.3 Å². The number of carbonyl (C=O) groups is 1. The van der Waals surface area contributed by atoms with Crippen molar-refractivity contribution >= 4 is 22.8 Å². The molecule has 0 saturated carbocycles. The van der Waals surface area contributed by atoms with E-state index >= 15 is 0 Å². The Morgan fingerprint density at radius 3 is 2.03 bits per heavy atom. The van der Waals surface area contributed by atoms with Gasteiger partial charge in [0, 0.05) is 31.7 Å². The predicted octanol–water partition coefficient (Wildman–Crippen LogP) is 4.20. The maximum Gasteiger partial charge on any atom is 0.253 e. The van der Waals surface area contributed by atoms with Gasteiger partial charge in [-0.3, -0.25) is 4.79 Å². The highest BCUT2D eigenvalue weighted by Gasteiger charge is 2.24. The van der Waals surface area contributed by atoms with Crippen molar-refractivity contribution < 1.29 is 4.79 Å². The molecule has 0 unspecified atom stereocenters. The Labute approximate surface area is 172 Å². The Bertz CT molecular complexity index is 1030. The molecule has 2 heterocycles. The molecule has 3 aromatic rings. The van der Waals surface area contributed by atoms with Crippen LogP contribution in [0.5, 0.6) is 0 Å². The minimum Gasteiger partial charge on any atom is -0.352 e. The van der Waals surface area contributed by atoms with Gasteiger partial charge in [-0.1, -0.05) is 45.0 Å². The first-order chi connectivity index (χ1) is 13.8. The van der Waals surface area contributed by atoms with Gasteiger partial charge >= 0.3 is 0 Å².